The van der Waals surface area contributed by atoms with Crippen LogP contribution in [0.15, 0.2) is 10.6 Å². The fourth-order valence-corrected chi connectivity index (χ4v) is 4.08. The third-order valence-corrected chi connectivity index (χ3v) is 5.15. The molecule has 0 saturated carbocycles. The van der Waals surface area contributed by atoms with Gasteiger partial charge in [-0.15, -0.1) is 0 Å². The topological polar surface area (TPSA) is 79.0 Å². The van der Waals surface area contributed by atoms with Gasteiger partial charge in [0.05, 0.1) is 24.3 Å². The van der Waals surface area contributed by atoms with Crippen LogP contribution in [0.4, 0.5) is 0 Å². The van der Waals surface area contributed by atoms with Crippen LogP contribution in [0, 0.1) is 18.8 Å². The Bertz CT molecular complexity index is 581. The van der Waals surface area contributed by atoms with Crippen molar-refractivity contribution in [2.75, 3.05) is 39.3 Å². The van der Waals surface area contributed by atoms with Crippen LogP contribution in [-0.4, -0.2) is 77.5 Å². The summed E-state index contributed by atoms with van der Waals surface area (Å²) >= 11 is 0. The minimum atomic E-state index is 0.0424. The molecular formula is C18H29N3O4. The molecule has 0 bridgehead atoms. The average Bonchev–Trinajstić information content (AvgIpc) is 3.12. The van der Waals surface area contributed by atoms with Gasteiger partial charge in [0.15, 0.2) is 0 Å². The van der Waals surface area contributed by atoms with E-state index in [9.17, 15) is 9.90 Å². The molecule has 1 N–H and O–H groups in total. The van der Waals surface area contributed by atoms with Crippen LogP contribution >= 0.6 is 0 Å². The van der Waals surface area contributed by atoms with Crippen molar-refractivity contribution in [3.63, 3.8) is 0 Å². The summed E-state index contributed by atoms with van der Waals surface area (Å²) in [4.78, 5) is 16.8. The lowest BCUT2D eigenvalue weighted by Crippen LogP contribution is -2.48. The van der Waals surface area contributed by atoms with Crippen LogP contribution in [0.5, 0.6) is 0 Å². The van der Waals surface area contributed by atoms with Crippen LogP contribution in [0.1, 0.15) is 25.3 Å². The maximum absolute atomic E-state index is 12.6. The first-order chi connectivity index (χ1) is 11.9. The monoisotopic (exact) mass is 351 g/mol. The van der Waals surface area contributed by atoms with E-state index in [2.05, 4.69) is 23.9 Å². The van der Waals surface area contributed by atoms with E-state index in [1.807, 2.05) is 11.8 Å². The maximum atomic E-state index is 12.6. The predicted octanol–water partition coefficient (Wildman–Crippen LogP) is 0.702. The number of aromatic nitrogens is 1. The minimum Gasteiger partial charge on any atom is -0.396 e. The molecule has 1 aromatic heterocycles. The zero-order valence-corrected chi connectivity index (χ0v) is 15.4. The lowest BCUT2D eigenvalue weighted by Gasteiger charge is -2.37. The van der Waals surface area contributed by atoms with Gasteiger partial charge in [0.2, 0.25) is 5.91 Å². The van der Waals surface area contributed by atoms with Crippen LogP contribution in [0.3, 0.4) is 0 Å². The van der Waals surface area contributed by atoms with Gasteiger partial charge in [0, 0.05) is 51.3 Å². The number of nitrogens with zero attached hydrogens (tertiary/aromatic N) is 3. The van der Waals surface area contributed by atoms with E-state index in [4.69, 9.17) is 9.26 Å². The molecular weight excluding hydrogens is 322 g/mol. The van der Waals surface area contributed by atoms with Gasteiger partial charge in [-0.05, 0) is 26.7 Å². The van der Waals surface area contributed by atoms with Gasteiger partial charge < -0.3 is 19.3 Å². The van der Waals surface area contributed by atoms with Crippen LogP contribution in [0.2, 0.25) is 0 Å². The highest BCUT2D eigenvalue weighted by molar-refractivity contribution is 5.78. The van der Waals surface area contributed by atoms with E-state index in [0.717, 1.165) is 25.3 Å². The van der Waals surface area contributed by atoms with Crippen molar-refractivity contribution in [3.8, 4) is 0 Å². The largest absolute Gasteiger partial charge is 0.396 e. The number of hydrogen-bond donors (Lipinski definition) is 1. The third-order valence-electron chi connectivity index (χ3n) is 5.15. The van der Waals surface area contributed by atoms with Crippen molar-refractivity contribution < 1.29 is 19.2 Å². The van der Waals surface area contributed by atoms with Gasteiger partial charge in [-0.25, -0.2) is 0 Å². The standard InChI is InChI=1S/C18H29N3O4/c1-12-4-17(25-19-12)5-18(23)21-9-15(16(10-21)11-22)8-20-6-13(2)24-14(3)7-20/h4,13-16,22H,5-11H2,1-3H3/t13-,14+,15-,16-/m1/s1. The molecule has 2 aliphatic heterocycles. The van der Waals surface area contributed by atoms with Crippen LogP contribution < -0.4 is 0 Å². The highest BCUT2D eigenvalue weighted by atomic mass is 16.5. The van der Waals surface area contributed by atoms with Gasteiger partial charge in [0.1, 0.15) is 5.76 Å². The molecule has 7 heteroatoms. The average molecular weight is 351 g/mol. The number of hydrogen-bond acceptors (Lipinski definition) is 6. The number of morpholine rings is 1. The number of aryl methyl sites for hydroxylation is 1. The molecule has 2 saturated heterocycles. The van der Waals surface area contributed by atoms with Crippen molar-refractivity contribution in [2.45, 2.75) is 39.4 Å². The SMILES string of the molecule is Cc1cc(CC(=O)N2C[C@@H](CN3C[C@@H](C)O[C@@H](C)C3)[C@@H](CO)C2)on1. The number of carbonyl (C=O) groups is 1. The Labute approximate surface area is 148 Å². The summed E-state index contributed by atoms with van der Waals surface area (Å²) in [6.45, 7) is 10.2. The Hall–Kier alpha value is -1.44. The molecule has 25 heavy (non-hydrogen) atoms. The summed E-state index contributed by atoms with van der Waals surface area (Å²) in [5.41, 5.74) is 0.783. The fraction of sp³-hybridized carbons (Fsp3) is 0.778. The van der Waals surface area contributed by atoms with E-state index in [-0.39, 0.29) is 37.1 Å². The molecule has 1 aromatic rings. The number of aliphatic hydroxyl groups is 1. The molecule has 3 heterocycles. The van der Waals surface area contributed by atoms with Crippen molar-refractivity contribution >= 4 is 5.91 Å². The zero-order valence-electron chi connectivity index (χ0n) is 15.4. The molecule has 0 unspecified atom stereocenters. The van der Waals surface area contributed by atoms with E-state index in [0.29, 0.717) is 24.8 Å². The summed E-state index contributed by atoms with van der Waals surface area (Å²) in [6, 6.07) is 1.80. The highest BCUT2D eigenvalue weighted by Gasteiger charge is 2.37. The molecule has 2 fully saturated rings. The van der Waals surface area contributed by atoms with E-state index < -0.39 is 0 Å². The first-order valence-electron chi connectivity index (χ1n) is 9.13. The summed E-state index contributed by atoms with van der Waals surface area (Å²) in [7, 11) is 0. The lowest BCUT2D eigenvalue weighted by molar-refractivity contribution is -0.130. The van der Waals surface area contributed by atoms with Gasteiger partial charge in [-0.3, -0.25) is 9.69 Å². The molecule has 0 aromatic carbocycles. The molecule has 0 radical (unpaired) electrons. The minimum absolute atomic E-state index is 0.0424. The number of aliphatic hydroxyl groups excluding tert-OH is 1. The normalized spacial score (nSPS) is 30.8. The number of rotatable bonds is 5. The molecule has 1 amide bonds. The maximum Gasteiger partial charge on any atom is 0.230 e. The van der Waals surface area contributed by atoms with E-state index >= 15 is 0 Å². The Morgan fingerprint density at radius 3 is 2.52 bits per heavy atom. The smallest absolute Gasteiger partial charge is 0.230 e. The number of likely N-dealkylation sites (tertiary alicyclic amines) is 1. The van der Waals surface area contributed by atoms with E-state index in [1.54, 1.807) is 6.07 Å². The van der Waals surface area contributed by atoms with Gasteiger partial charge in [-0.1, -0.05) is 5.16 Å². The Kier molecular flexibility index (Phi) is 5.76. The summed E-state index contributed by atoms with van der Waals surface area (Å²) in [6.07, 6.45) is 0.687. The zero-order chi connectivity index (χ0) is 18.0. The third kappa shape index (κ3) is 4.59. The summed E-state index contributed by atoms with van der Waals surface area (Å²) < 4.78 is 10.9. The van der Waals surface area contributed by atoms with Crippen LogP contribution in [-0.2, 0) is 16.0 Å². The molecule has 0 spiro atoms. The van der Waals surface area contributed by atoms with Crippen LogP contribution in [0.25, 0.3) is 0 Å². The van der Waals surface area contributed by atoms with Crippen molar-refractivity contribution in [1.29, 1.82) is 0 Å². The Morgan fingerprint density at radius 2 is 1.92 bits per heavy atom. The van der Waals surface area contributed by atoms with Gasteiger partial charge in [0.25, 0.3) is 0 Å². The van der Waals surface area contributed by atoms with Crippen molar-refractivity contribution in [3.05, 3.63) is 17.5 Å². The molecule has 140 valence electrons. The molecule has 2 aliphatic rings. The van der Waals surface area contributed by atoms with Crippen molar-refractivity contribution in [1.82, 2.24) is 15.0 Å². The van der Waals surface area contributed by atoms with E-state index in [1.165, 1.54) is 0 Å². The highest BCUT2D eigenvalue weighted by Crippen LogP contribution is 2.26. The molecule has 0 aliphatic carbocycles. The Balaban J connectivity index is 1.57. The summed E-state index contributed by atoms with van der Waals surface area (Å²) in [5.74, 6) is 1.07. The first kappa shape index (κ1) is 18.4. The van der Waals surface area contributed by atoms with Gasteiger partial charge in [-0.2, -0.15) is 0 Å². The van der Waals surface area contributed by atoms with Gasteiger partial charge >= 0.3 is 0 Å². The quantitative estimate of drug-likeness (QED) is 0.841. The summed E-state index contributed by atoms with van der Waals surface area (Å²) in [5, 5.41) is 13.6. The number of amides is 1. The molecule has 7 nitrogen and oxygen atoms in total. The number of carbonyl (C=O) groups excluding carboxylic acids is 1. The first-order valence-corrected chi connectivity index (χ1v) is 9.13. The Morgan fingerprint density at radius 1 is 1.24 bits per heavy atom. The molecule has 3 rings (SSSR count). The fourth-order valence-electron chi connectivity index (χ4n) is 4.08. The molecule has 4 atom stereocenters. The second-order valence-corrected chi connectivity index (χ2v) is 7.59. The number of ether oxygens (including phenoxy) is 1. The van der Waals surface area contributed by atoms with Crippen molar-refractivity contribution in [2.24, 2.45) is 11.8 Å². The lowest BCUT2D eigenvalue weighted by atomic mass is 9.96. The second kappa shape index (κ2) is 7.85. The second-order valence-electron chi connectivity index (χ2n) is 7.59. The predicted molar refractivity (Wildman–Crippen MR) is 92.0 cm³/mol.